The lowest BCUT2D eigenvalue weighted by Crippen LogP contribution is -2.61. The first-order valence-electron chi connectivity index (χ1n) is 35.1. The minimum atomic E-state index is -1.76. The Hall–Kier alpha value is -1.50. The number of carbonyl (C=O) groups is 2. The van der Waals surface area contributed by atoms with Gasteiger partial charge in [-0.05, 0) is 12.8 Å². The van der Waals surface area contributed by atoms with Crippen molar-refractivity contribution in [3.63, 3.8) is 0 Å². The van der Waals surface area contributed by atoms with E-state index in [4.69, 9.17) is 28.4 Å². The highest BCUT2D eigenvalue weighted by Gasteiger charge is 2.47. The quantitative estimate of drug-likeness (QED) is 0.0222. The van der Waals surface area contributed by atoms with Gasteiger partial charge in [0.05, 0.1) is 19.8 Å². The van der Waals surface area contributed by atoms with Crippen LogP contribution < -0.4 is 0 Å². The monoisotopic (exact) mass is 1190 g/mol. The van der Waals surface area contributed by atoms with Crippen molar-refractivity contribution in [3.05, 3.63) is 0 Å². The molecule has 2 rings (SSSR count). The Balaban J connectivity index is 1.66. The van der Waals surface area contributed by atoms with Crippen molar-refractivity contribution < 1.29 is 73.8 Å². The van der Waals surface area contributed by atoms with Crippen molar-refractivity contribution in [2.45, 2.75) is 396 Å². The van der Waals surface area contributed by atoms with Gasteiger partial charge >= 0.3 is 11.9 Å². The second-order valence-corrected chi connectivity index (χ2v) is 25.1. The molecule has 15 heteroatoms. The van der Waals surface area contributed by atoms with Crippen LogP contribution in [0.15, 0.2) is 0 Å². The number of rotatable bonds is 59. The van der Waals surface area contributed by atoms with Gasteiger partial charge in [-0.1, -0.05) is 303 Å². The average molecular weight is 1190 g/mol. The molecule has 11 unspecified atom stereocenters. The van der Waals surface area contributed by atoms with E-state index in [-0.39, 0.29) is 26.1 Å². The normalized spacial score (nSPS) is 23.2. The van der Waals surface area contributed by atoms with Gasteiger partial charge < -0.3 is 64.2 Å². The van der Waals surface area contributed by atoms with Crippen LogP contribution in [0.3, 0.4) is 0 Å². The predicted molar refractivity (Wildman–Crippen MR) is 331 cm³/mol. The fourth-order valence-electron chi connectivity index (χ4n) is 11.7. The number of ether oxygens (including phenoxy) is 6. The van der Waals surface area contributed by atoms with E-state index in [0.29, 0.717) is 12.8 Å². The molecule has 0 bridgehead atoms. The fourth-order valence-corrected chi connectivity index (χ4v) is 11.7. The Morgan fingerprint density at radius 1 is 0.337 bits per heavy atom. The number of esters is 2. The summed E-state index contributed by atoms with van der Waals surface area (Å²) in [6.45, 7) is 2.70. The first kappa shape index (κ1) is 77.6. The molecule has 2 aliphatic heterocycles. The third-order valence-electron chi connectivity index (χ3n) is 17.3. The standard InChI is InChI=1S/C68H130O15/c1-3-5-7-9-11-13-15-17-19-21-23-25-27-29-31-33-35-37-39-41-43-45-47-49-51-60(71)81-56(54-79-67-66(77)64(75)62(73)58(83-67)55-80-68-65(76)63(74)61(72)57(52-69)82-68)53-78-59(70)50-48-46-44-42-40-38-36-34-32-30-28-26-24-22-20-18-16-14-12-10-8-6-4-2/h56-58,61-69,72-77H,3-55H2,1-2H3. The van der Waals surface area contributed by atoms with Gasteiger partial charge in [-0.25, -0.2) is 0 Å². The number of hydrogen-bond donors (Lipinski definition) is 7. The summed E-state index contributed by atoms with van der Waals surface area (Å²) in [5.74, 6) is -0.896. The Morgan fingerprint density at radius 2 is 0.614 bits per heavy atom. The minimum Gasteiger partial charge on any atom is -0.462 e. The van der Waals surface area contributed by atoms with Crippen LogP contribution >= 0.6 is 0 Å². The molecule has 0 spiro atoms. The van der Waals surface area contributed by atoms with E-state index >= 15 is 0 Å². The van der Waals surface area contributed by atoms with Gasteiger partial charge in [0.1, 0.15) is 55.4 Å². The van der Waals surface area contributed by atoms with E-state index in [1.807, 2.05) is 0 Å². The second-order valence-electron chi connectivity index (χ2n) is 25.1. The van der Waals surface area contributed by atoms with Crippen molar-refractivity contribution in [1.82, 2.24) is 0 Å². The van der Waals surface area contributed by atoms with Crippen LogP contribution in [0.2, 0.25) is 0 Å². The third-order valence-corrected chi connectivity index (χ3v) is 17.3. The van der Waals surface area contributed by atoms with Gasteiger partial charge in [0.25, 0.3) is 0 Å². The first-order valence-corrected chi connectivity index (χ1v) is 35.1. The zero-order valence-corrected chi connectivity index (χ0v) is 53.2. The molecule has 0 aliphatic carbocycles. The van der Waals surface area contributed by atoms with E-state index in [1.165, 1.54) is 250 Å². The van der Waals surface area contributed by atoms with Crippen molar-refractivity contribution in [2.24, 2.45) is 0 Å². The summed E-state index contributed by atoms with van der Waals surface area (Å²) >= 11 is 0. The van der Waals surface area contributed by atoms with E-state index in [2.05, 4.69) is 13.8 Å². The van der Waals surface area contributed by atoms with E-state index in [1.54, 1.807) is 0 Å². The van der Waals surface area contributed by atoms with Gasteiger partial charge in [0, 0.05) is 12.8 Å². The van der Waals surface area contributed by atoms with Crippen LogP contribution in [0.4, 0.5) is 0 Å². The van der Waals surface area contributed by atoms with Crippen molar-refractivity contribution >= 4 is 11.9 Å². The maximum atomic E-state index is 13.1. The highest BCUT2D eigenvalue weighted by molar-refractivity contribution is 5.70. The SMILES string of the molecule is CCCCCCCCCCCCCCCCCCCCCCCCCCC(=O)OC(COC(=O)CCCCCCCCCCCCCCCCCCCCCCCCC)COC1OC(COC2OC(CO)C(O)C(O)C2O)C(O)C(O)C1O. The van der Waals surface area contributed by atoms with Gasteiger partial charge in [-0.3, -0.25) is 9.59 Å². The van der Waals surface area contributed by atoms with Crippen LogP contribution in [0.25, 0.3) is 0 Å². The molecule has 0 aromatic rings. The second kappa shape index (κ2) is 54.6. The number of aliphatic hydroxyl groups is 7. The van der Waals surface area contributed by atoms with Crippen molar-refractivity contribution in [1.29, 1.82) is 0 Å². The smallest absolute Gasteiger partial charge is 0.306 e. The van der Waals surface area contributed by atoms with E-state index in [0.717, 1.165) is 38.5 Å². The highest BCUT2D eigenvalue weighted by atomic mass is 16.7. The summed E-state index contributed by atoms with van der Waals surface area (Å²) in [6, 6.07) is 0. The zero-order valence-electron chi connectivity index (χ0n) is 53.2. The van der Waals surface area contributed by atoms with Crippen LogP contribution in [-0.2, 0) is 38.0 Å². The Morgan fingerprint density at radius 3 is 0.940 bits per heavy atom. The van der Waals surface area contributed by atoms with Gasteiger partial charge in [-0.2, -0.15) is 0 Å². The summed E-state index contributed by atoms with van der Waals surface area (Å²) in [5, 5.41) is 72.6. The molecule has 2 aliphatic rings. The molecule has 0 aromatic carbocycles. The van der Waals surface area contributed by atoms with Gasteiger partial charge in [-0.15, -0.1) is 0 Å². The summed E-state index contributed by atoms with van der Waals surface area (Å²) in [6.07, 6.45) is 44.2. The largest absolute Gasteiger partial charge is 0.462 e. The van der Waals surface area contributed by atoms with E-state index in [9.17, 15) is 45.3 Å². The summed E-state index contributed by atoms with van der Waals surface area (Å²) in [4.78, 5) is 26.1. The Kier molecular flexibility index (Phi) is 51.1. The number of unbranched alkanes of at least 4 members (excludes halogenated alkanes) is 45. The van der Waals surface area contributed by atoms with Gasteiger partial charge in [0.2, 0.25) is 0 Å². The molecule has 2 heterocycles. The Labute approximate surface area is 506 Å². The molecule has 2 fully saturated rings. The molecule has 7 N–H and O–H groups in total. The molecule has 0 amide bonds. The van der Waals surface area contributed by atoms with Crippen LogP contribution in [0, 0.1) is 0 Å². The maximum absolute atomic E-state index is 13.1. The summed E-state index contributed by atoms with van der Waals surface area (Å²) in [5.41, 5.74) is 0. The maximum Gasteiger partial charge on any atom is 0.306 e. The van der Waals surface area contributed by atoms with Gasteiger partial charge in [0.15, 0.2) is 18.7 Å². The molecule has 492 valence electrons. The lowest BCUT2D eigenvalue weighted by Gasteiger charge is -2.42. The topological polar surface area (TPSA) is 231 Å². The lowest BCUT2D eigenvalue weighted by molar-refractivity contribution is -0.332. The molecule has 0 radical (unpaired) electrons. The number of hydrogen-bond acceptors (Lipinski definition) is 15. The molecule has 11 atom stereocenters. The summed E-state index contributed by atoms with van der Waals surface area (Å²) < 4.78 is 33.9. The van der Waals surface area contributed by atoms with Crippen LogP contribution in [0.1, 0.15) is 328 Å². The fraction of sp³-hybridized carbons (Fsp3) is 0.971. The van der Waals surface area contributed by atoms with Crippen LogP contribution in [0.5, 0.6) is 0 Å². The average Bonchev–Trinajstić information content (AvgIpc) is 3.68. The van der Waals surface area contributed by atoms with Crippen molar-refractivity contribution in [2.75, 3.05) is 26.4 Å². The van der Waals surface area contributed by atoms with Crippen molar-refractivity contribution in [3.8, 4) is 0 Å². The molecule has 15 nitrogen and oxygen atoms in total. The molecular weight excluding hydrogens is 1060 g/mol. The molecule has 0 saturated carbocycles. The van der Waals surface area contributed by atoms with Crippen LogP contribution in [-0.4, -0.2) is 142 Å². The lowest BCUT2D eigenvalue weighted by atomic mass is 9.98. The van der Waals surface area contributed by atoms with E-state index < -0.39 is 92.7 Å². The molecule has 0 aromatic heterocycles. The minimum absolute atomic E-state index is 0.175. The predicted octanol–water partition coefficient (Wildman–Crippen LogP) is 14.2. The Bertz CT molecular complexity index is 1440. The number of aliphatic hydroxyl groups excluding tert-OH is 7. The molecule has 2 saturated heterocycles. The highest BCUT2D eigenvalue weighted by Crippen LogP contribution is 2.27. The third kappa shape index (κ3) is 40.6. The molecule has 83 heavy (non-hydrogen) atoms. The summed E-state index contributed by atoms with van der Waals surface area (Å²) in [7, 11) is 0. The zero-order chi connectivity index (χ0) is 60.2. The number of carbonyl (C=O) groups excluding carboxylic acids is 2. The molecular formula is C68H130O15. The first-order chi connectivity index (χ1) is 40.5.